The second-order valence-corrected chi connectivity index (χ2v) is 6.23. The van der Waals surface area contributed by atoms with Gasteiger partial charge in [0.2, 0.25) is 0 Å². The third-order valence-corrected chi connectivity index (χ3v) is 3.91. The van der Waals surface area contributed by atoms with E-state index in [1.54, 1.807) is 16.8 Å². The Morgan fingerprint density at radius 2 is 1.90 bits per heavy atom. The maximum Gasteiger partial charge on any atom is 0.433 e. The van der Waals surface area contributed by atoms with Crippen molar-refractivity contribution in [3.63, 3.8) is 0 Å². The number of pyridine rings is 1. The number of amides is 1. The highest BCUT2D eigenvalue weighted by molar-refractivity contribution is 5.93. The van der Waals surface area contributed by atoms with Gasteiger partial charge in [-0.2, -0.15) is 18.3 Å². The van der Waals surface area contributed by atoms with E-state index in [4.69, 9.17) is 0 Å². The van der Waals surface area contributed by atoms with Gasteiger partial charge in [0.15, 0.2) is 5.82 Å². The summed E-state index contributed by atoms with van der Waals surface area (Å²) in [5, 5.41) is 18.1. The zero-order valence-electron chi connectivity index (χ0n) is 15.7. The maximum absolute atomic E-state index is 12.5. The number of aryl methyl sites for hydroxylation is 2. The number of halogens is 3. The van der Waals surface area contributed by atoms with Gasteiger partial charge < -0.3 is 10.6 Å². The fourth-order valence-electron chi connectivity index (χ4n) is 2.56. The van der Waals surface area contributed by atoms with E-state index < -0.39 is 17.8 Å². The number of rotatable bonds is 6. The average molecular weight is 405 g/mol. The Hall–Kier alpha value is -3.50. The molecule has 0 aliphatic heterocycles. The Kier molecular flexibility index (Phi) is 5.76. The van der Waals surface area contributed by atoms with Crippen molar-refractivity contribution in [2.75, 3.05) is 18.4 Å². The minimum absolute atomic E-state index is 0.0482. The highest BCUT2D eigenvalue weighted by atomic mass is 19.4. The SMILES string of the molecule is Cc1cc(C)n(-c2ccc(NCCNC(=O)c3ccc(C(F)(F)F)nc3)nn2)n1. The molecule has 0 fully saturated rings. The summed E-state index contributed by atoms with van der Waals surface area (Å²) in [6.07, 6.45) is -3.64. The molecule has 0 spiro atoms. The molecule has 3 aromatic heterocycles. The molecule has 0 saturated carbocycles. The van der Waals surface area contributed by atoms with Crippen molar-refractivity contribution in [2.45, 2.75) is 20.0 Å². The van der Waals surface area contributed by atoms with Crippen molar-refractivity contribution in [3.05, 3.63) is 59.2 Å². The number of alkyl halides is 3. The Balaban J connectivity index is 1.48. The molecular weight excluding hydrogens is 387 g/mol. The van der Waals surface area contributed by atoms with Crippen LogP contribution >= 0.6 is 0 Å². The number of hydrogen-bond donors (Lipinski definition) is 2. The molecule has 0 aliphatic carbocycles. The van der Waals surface area contributed by atoms with Crippen LogP contribution in [0.3, 0.4) is 0 Å². The molecule has 0 atom stereocenters. The molecule has 0 saturated heterocycles. The standard InChI is InChI=1S/C18H18F3N7O/c1-11-9-12(2)28(27-11)16-6-5-15(25-26-16)22-7-8-23-17(29)13-3-4-14(24-10-13)18(19,20)21/h3-6,9-10H,7-8H2,1-2H3,(H,22,25)(H,23,29). The lowest BCUT2D eigenvalue weighted by molar-refractivity contribution is -0.141. The van der Waals surface area contributed by atoms with Crippen LogP contribution in [0.1, 0.15) is 27.4 Å². The molecule has 0 radical (unpaired) electrons. The minimum Gasteiger partial charge on any atom is -0.367 e. The summed E-state index contributed by atoms with van der Waals surface area (Å²) < 4.78 is 39.1. The van der Waals surface area contributed by atoms with Gasteiger partial charge in [-0.1, -0.05) is 0 Å². The second kappa shape index (κ2) is 8.25. The summed E-state index contributed by atoms with van der Waals surface area (Å²) in [5.41, 5.74) is 0.828. The lowest BCUT2D eigenvalue weighted by Gasteiger charge is -2.09. The topological polar surface area (TPSA) is 97.6 Å². The van der Waals surface area contributed by atoms with Gasteiger partial charge in [0, 0.05) is 25.0 Å². The number of carbonyl (C=O) groups is 1. The molecule has 3 heterocycles. The lowest BCUT2D eigenvalue weighted by Crippen LogP contribution is -2.29. The van der Waals surface area contributed by atoms with Crippen LogP contribution in [-0.4, -0.2) is 44.0 Å². The first-order valence-electron chi connectivity index (χ1n) is 8.67. The molecule has 11 heteroatoms. The summed E-state index contributed by atoms with van der Waals surface area (Å²) in [6.45, 7) is 4.40. The predicted octanol–water partition coefficient (Wildman–Crippen LogP) is 2.53. The monoisotopic (exact) mass is 405 g/mol. The van der Waals surface area contributed by atoms with Gasteiger partial charge in [0.05, 0.1) is 11.3 Å². The predicted molar refractivity (Wildman–Crippen MR) is 98.7 cm³/mol. The molecule has 3 aromatic rings. The molecule has 8 nitrogen and oxygen atoms in total. The average Bonchev–Trinajstić information content (AvgIpc) is 3.03. The number of nitrogens with one attached hydrogen (secondary N) is 2. The molecule has 0 aromatic carbocycles. The molecule has 0 unspecified atom stereocenters. The van der Waals surface area contributed by atoms with Crippen LogP contribution in [0, 0.1) is 13.8 Å². The summed E-state index contributed by atoms with van der Waals surface area (Å²) in [5.74, 6) is 0.587. The van der Waals surface area contributed by atoms with E-state index in [0.717, 1.165) is 29.7 Å². The van der Waals surface area contributed by atoms with Crippen molar-refractivity contribution in [2.24, 2.45) is 0 Å². The van der Waals surface area contributed by atoms with Gasteiger partial charge >= 0.3 is 6.18 Å². The number of hydrogen-bond acceptors (Lipinski definition) is 6. The Bertz CT molecular complexity index is 982. The highest BCUT2D eigenvalue weighted by Crippen LogP contribution is 2.27. The smallest absolute Gasteiger partial charge is 0.367 e. The molecule has 0 bridgehead atoms. The van der Waals surface area contributed by atoms with Crippen molar-refractivity contribution in [1.82, 2.24) is 30.3 Å². The van der Waals surface area contributed by atoms with Crippen molar-refractivity contribution in [3.8, 4) is 5.82 Å². The third-order valence-electron chi connectivity index (χ3n) is 3.91. The van der Waals surface area contributed by atoms with Crippen molar-refractivity contribution >= 4 is 11.7 Å². The minimum atomic E-state index is -4.54. The first-order valence-corrected chi connectivity index (χ1v) is 8.67. The highest BCUT2D eigenvalue weighted by Gasteiger charge is 2.32. The summed E-state index contributed by atoms with van der Waals surface area (Å²) >= 11 is 0. The molecule has 0 aliphatic rings. The van der Waals surface area contributed by atoms with Crippen molar-refractivity contribution in [1.29, 1.82) is 0 Å². The zero-order chi connectivity index (χ0) is 21.0. The zero-order valence-corrected chi connectivity index (χ0v) is 15.7. The van der Waals surface area contributed by atoms with E-state index in [2.05, 4.69) is 30.9 Å². The van der Waals surface area contributed by atoms with E-state index >= 15 is 0 Å². The van der Waals surface area contributed by atoms with E-state index in [1.165, 1.54) is 0 Å². The number of carbonyl (C=O) groups excluding carboxylic acids is 1. The molecule has 152 valence electrons. The Morgan fingerprint density at radius 3 is 2.45 bits per heavy atom. The number of aromatic nitrogens is 5. The normalized spacial score (nSPS) is 11.3. The van der Waals surface area contributed by atoms with Gasteiger partial charge in [0.25, 0.3) is 5.91 Å². The molecule has 3 rings (SSSR count). The molecule has 29 heavy (non-hydrogen) atoms. The molecule has 2 N–H and O–H groups in total. The third kappa shape index (κ3) is 5.06. The van der Waals surface area contributed by atoms with E-state index in [-0.39, 0.29) is 12.1 Å². The van der Waals surface area contributed by atoms with Crippen molar-refractivity contribution < 1.29 is 18.0 Å². The first-order chi connectivity index (χ1) is 13.7. The molecule has 1 amide bonds. The van der Waals surface area contributed by atoms with Gasteiger partial charge in [-0.25, -0.2) is 4.68 Å². The largest absolute Gasteiger partial charge is 0.433 e. The van der Waals surface area contributed by atoms with Crippen LogP contribution in [0.5, 0.6) is 0 Å². The Labute approximate surface area is 164 Å². The molecular formula is C18H18F3N7O. The maximum atomic E-state index is 12.5. The Morgan fingerprint density at radius 1 is 1.10 bits per heavy atom. The van der Waals surface area contributed by atoms with Crippen LogP contribution in [0.2, 0.25) is 0 Å². The van der Waals surface area contributed by atoms with Crippen LogP contribution in [0.15, 0.2) is 36.5 Å². The van der Waals surface area contributed by atoms with Gasteiger partial charge in [0.1, 0.15) is 11.5 Å². The van der Waals surface area contributed by atoms with E-state index in [9.17, 15) is 18.0 Å². The quantitative estimate of drug-likeness (QED) is 0.612. The summed E-state index contributed by atoms with van der Waals surface area (Å²) in [6, 6.07) is 7.29. The van der Waals surface area contributed by atoms with E-state index in [1.807, 2.05) is 19.9 Å². The van der Waals surface area contributed by atoms with E-state index in [0.29, 0.717) is 18.2 Å². The fourth-order valence-corrected chi connectivity index (χ4v) is 2.56. The van der Waals surface area contributed by atoms with Gasteiger partial charge in [-0.3, -0.25) is 9.78 Å². The van der Waals surface area contributed by atoms with Gasteiger partial charge in [-0.15, -0.1) is 10.2 Å². The number of nitrogens with zero attached hydrogens (tertiary/aromatic N) is 5. The van der Waals surface area contributed by atoms with Crippen LogP contribution in [-0.2, 0) is 6.18 Å². The summed E-state index contributed by atoms with van der Waals surface area (Å²) in [7, 11) is 0. The van der Waals surface area contributed by atoms with Gasteiger partial charge in [-0.05, 0) is 44.2 Å². The first kappa shape index (κ1) is 20.2. The lowest BCUT2D eigenvalue weighted by atomic mass is 10.2. The van der Waals surface area contributed by atoms with Crippen LogP contribution < -0.4 is 10.6 Å². The second-order valence-electron chi connectivity index (χ2n) is 6.23. The fraction of sp³-hybridized carbons (Fsp3) is 0.278. The van der Waals surface area contributed by atoms with Crippen LogP contribution in [0.25, 0.3) is 5.82 Å². The number of anilines is 1. The summed E-state index contributed by atoms with van der Waals surface area (Å²) in [4.78, 5) is 15.2. The van der Waals surface area contributed by atoms with Crippen LogP contribution in [0.4, 0.5) is 19.0 Å².